The van der Waals surface area contributed by atoms with Crippen molar-refractivity contribution >= 4 is 11.8 Å². The molecule has 0 aliphatic carbocycles. The molecule has 2 atom stereocenters. The number of halogens is 2. The van der Waals surface area contributed by atoms with Crippen LogP contribution in [-0.4, -0.2) is 34.5 Å². The number of nitrogens with zero attached hydrogens (tertiary/aromatic N) is 1. The first kappa shape index (κ1) is 16.1. The Bertz CT molecular complexity index is 805. The standard InChI is InChI=1S/C16H14F2N2O4/c17-9-1-2-12(18)11(4-9)13-5-10(21)6-20(13)16(23)8-3-14(15(19)22)24-7-8/h1-4,7,10,13,21H,5-6H2,(H2,19,22)/t10-,13+/m0/s1. The van der Waals surface area contributed by atoms with E-state index in [1.807, 2.05) is 0 Å². The Hall–Kier alpha value is -2.74. The van der Waals surface area contributed by atoms with E-state index in [0.29, 0.717) is 0 Å². The number of hydrogen-bond acceptors (Lipinski definition) is 4. The van der Waals surface area contributed by atoms with Crippen molar-refractivity contribution in [3.63, 3.8) is 0 Å². The number of β-amino-alcohol motifs (C(OH)–C–C–N with tert-alkyl or cyclic N) is 1. The topological polar surface area (TPSA) is 96.8 Å². The lowest BCUT2D eigenvalue weighted by atomic mass is 10.0. The third-order valence-electron chi connectivity index (χ3n) is 3.95. The van der Waals surface area contributed by atoms with Crippen molar-refractivity contribution in [2.45, 2.75) is 18.6 Å². The summed E-state index contributed by atoms with van der Waals surface area (Å²) in [5.74, 6) is -2.90. The van der Waals surface area contributed by atoms with Gasteiger partial charge in [-0.1, -0.05) is 0 Å². The number of amides is 2. The van der Waals surface area contributed by atoms with Crippen molar-refractivity contribution in [3.8, 4) is 0 Å². The number of rotatable bonds is 3. The average molecular weight is 336 g/mol. The fourth-order valence-corrected chi connectivity index (χ4v) is 2.85. The minimum Gasteiger partial charge on any atom is -0.458 e. The molecule has 1 aromatic carbocycles. The van der Waals surface area contributed by atoms with Gasteiger partial charge in [-0.2, -0.15) is 0 Å². The van der Waals surface area contributed by atoms with Crippen LogP contribution in [0, 0.1) is 11.6 Å². The molecule has 1 aliphatic heterocycles. The number of carbonyl (C=O) groups is 2. The van der Waals surface area contributed by atoms with E-state index < -0.39 is 35.6 Å². The lowest BCUT2D eigenvalue weighted by molar-refractivity contribution is 0.0713. The Labute approximate surface area is 135 Å². The minimum absolute atomic E-state index is 0.0153. The lowest BCUT2D eigenvalue weighted by Gasteiger charge is -2.24. The van der Waals surface area contributed by atoms with Crippen molar-refractivity contribution in [2.24, 2.45) is 5.73 Å². The molecule has 0 unspecified atom stereocenters. The molecule has 126 valence electrons. The predicted molar refractivity (Wildman–Crippen MR) is 78.0 cm³/mol. The van der Waals surface area contributed by atoms with E-state index in [2.05, 4.69) is 0 Å². The van der Waals surface area contributed by atoms with Gasteiger partial charge in [0.1, 0.15) is 17.9 Å². The molecule has 8 heteroatoms. The van der Waals surface area contributed by atoms with Crippen molar-refractivity contribution < 1.29 is 27.9 Å². The SMILES string of the molecule is NC(=O)c1cc(C(=O)N2C[C@@H](O)C[C@@H]2c2cc(F)ccc2F)co1. The molecule has 1 aromatic heterocycles. The second-order valence-corrected chi connectivity index (χ2v) is 5.59. The fraction of sp³-hybridized carbons (Fsp3) is 0.250. The normalized spacial score (nSPS) is 20.4. The molecular weight excluding hydrogens is 322 g/mol. The van der Waals surface area contributed by atoms with Gasteiger partial charge in [0, 0.05) is 18.2 Å². The molecule has 0 spiro atoms. The summed E-state index contributed by atoms with van der Waals surface area (Å²) in [6, 6.07) is 3.30. The maximum Gasteiger partial charge on any atom is 0.284 e. The number of aliphatic hydroxyl groups excluding tert-OH is 1. The molecular formula is C16H14F2N2O4. The molecule has 1 aliphatic rings. The van der Waals surface area contributed by atoms with E-state index in [-0.39, 0.29) is 29.9 Å². The number of furan rings is 1. The second kappa shape index (κ2) is 6.04. The van der Waals surface area contributed by atoms with Crippen molar-refractivity contribution in [2.75, 3.05) is 6.54 Å². The number of primary amides is 1. The van der Waals surface area contributed by atoms with Crippen LogP contribution in [0.1, 0.15) is 38.9 Å². The van der Waals surface area contributed by atoms with Crippen LogP contribution in [0.2, 0.25) is 0 Å². The zero-order valence-corrected chi connectivity index (χ0v) is 12.4. The van der Waals surface area contributed by atoms with Crippen LogP contribution < -0.4 is 5.73 Å². The molecule has 3 N–H and O–H groups in total. The maximum absolute atomic E-state index is 14.0. The van der Waals surface area contributed by atoms with Crippen LogP contribution in [0.4, 0.5) is 8.78 Å². The number of likely N-dealkylation sites (tertiary alicyclic amines) is 1. The van der Waals surface area contributed by atoms with Gasteiger partial charge >= 0.3 is 0 Å². The highest BCUT2D eigenvalue weighted by Gasteiger charge is 2.37. The summed E-state index contributed by atoms with van der Waals surface area (Å²) < 4.78 is 32.4. The highest BCUT2D eigenvalue weighted by molar-refractivity contribution is 5.98. The van der Waals surface area contributed by atoms with E-state index in [0.717, 1.165) is 24.5 Å². The zero-order chi connectivity index (χ0) is 17.4. The highest BCUT2D eigenvalue weighted by Crippen LogP contribution is 2.35. The molecule has 24 heavy (non-hydrogen) atoms. The fourth-order valence-electron chi connectivity index (χ4n) is 2.85. The van der Waals surface area contributed by atoms with Gasteiger partial charge in [0.05, 0.1) is 17.7 Å². The van der Waals surface area contributed by atoms with Crippen LogP contribution in [0.5, 0.6) is 0 Å². The van der Waals surface area contributed by atoms with Gasteiger partial charge in [0.25, 0.3) is 11.8 Å². The summed E-state index contributed by atoms with van der Waals surface area (Å²) in [4.78, 5) is 24.9. The van der Waals surface area contributed by atoms with Gasteiger partial charge in [-0.15, -0.1) is 0 Å². The predicted octanol–water partition coefficient (Wildman–Crippen LogP) is 1.60. The first-order valence-corrected chi connectivity index (χ1v) is 7.19. The van der Waals surface area contributed by atoms with E-state index >= 15 is 0 Å². The Morgan fingerprint density at radius 1 is 1.29 bits per heavy atom. The van der Waals surface area contributed by atoms with Crippen LogP contribution >= 0.6 is 0 Å². The largest absolute Gasteiger partial charge is 0.458 e. The van der Waals surface area contributed by atoms with Crippen molar-refractivity contribution in [1.29, 1.82) is 0 Å². The second-order valence-electron chi connectivity index (χ2n) is 5.59. The summed E-state index contributed by atoms with van der Waals surface area (Å²) in [5.41, 5.74) is 5.09. The molecule has 2 amide bonds. The Balaban J connectivity index is 1.93. The molecule has 2 aromatic rings. The van der Waals surface area contributed by atoms with Gasteiger partial charge < -0.3 is 20.2 Å². The number of aliphatic hydroxyl groups is 1. The Morgan fingerprint density at radius 2 is 2.04 bits per heavy atom. The van der Waals surface area contributed by atoms with Gasteiger partial charge in [0.15, 0.2) is 5.76 Å². The molecule has 0 radical (unpaired) electrons. The molecule has 6 nitrogen and oxygen atoms in total. The van der Waals surface area contributed by atoms with Crippen LogP contribution in [0.3, 0.4) is 0 Å². The van der Waals surface area contributed by atoms with E-state index in [1.165, 1.54) is 11.0 Å². The first-order chi connectivity index (χ1) is 11.4. The molecule has 1 saturated heterocycles. The van der Waals surface area contributed by atoms with Crippen molar-refractivity contribution in [3.05, 3.63) is 59.1 Å². The summed E-state index contributed by atoms with van der Waals surface area (Å²) in [6.45, 7) is -0.0451. The molecule has 1 fully saturated rings. The number of benzene rings is 1. The molecule has 0 saturated carbocycles. The Morgan fingerprint density at radius 3 is 2.71 bits per heavy atom. The maximum atomic E-state index is 14.0. The summed E-state index contributed by atoms with van der Waals surface area (Å²) in [7, 11) is 0. The van der Waals surface area contributed by atoms with Gasteiger partial charge in [-0.25, -0.2) is 8.78 Å². The highest BCUT2D eigenvalue weighted by atomic mass is 19.1. The van der Waals surface area contributed by atoms with Crippen molar-refractivity contribution in [1.82, 2.24) is 4.90 Å². The number of nitrogens with two attached hydrogens (primary N) is 1. The monoisotopic (exact) mass is 336 g/mol. The first-order valence-electron chi connectivity index (χ1n) is 7.19. The number of carbonyl (C=O) groups excluding carboxylic acids is 2. The Kier molecular flexibility index (Phi) is 4.06. The minimum atomic E-state index is -0.871. The van der Waals surface area contributed by atoms with E-state index in [1.54, 1.807) is 0 Å². The van der Waals surface area contributed by atoms with Crippen LogP contribution in [-0.2, 0) is 0 Å². The summed E-state index contributed by atoms with van der Waals surface area (Å²) >= 11 is 0. The molecule has 3 rings (SSSR count). The van der Waals surface area contributed by atoms with Gasteiger partial charge in [-0.05, 0) is 24.6 Å². The smallest absolute Gasteiger partial charge is 0.284 e. The van der Waals surface area contributed by atoms with E-state index in [4.69, 9.17) is 10.2 Å². The van der Waals surface area contributed by atoms with E-state index in [9.17, 15) is 23.5 Å². The quantitative estimate of drug-likeness (QED) is 0.890. The zero-order valence-electron chi connectivity index (χ0n) is 12.4. The summed E-state index contributed by atoms with van der Waals surface area (Å²) in [5, 5.41) is 9.87. The van der Waals surface area contributed by atoms with Gasteiger partial charge in [-0.3, -0.25) is 9.59 Å². The third kappa shape index (κ3) is 2.88. The molecule has 2 heterocycles. The average Bonchev–Trinajstić information content (AvgIpc) is 3.16. The van der Waals surface area contributed by atoms with Crippen LogP contribution in [0.25, 0.3) is 0 Å². The van der Waals surface area contributed by atoms with Crippen LogP contribution in [0.15, 0.2) is 34.9 Å². The number of hydrogen-bond donors (Lipinski definition) is 2. The lowest BCUT2D eigenvalue weighted by Crippen LogP contribution is -2.32. The third-order valence-corrected chi connectivity index (χ3v) is 3.95. The molecule has 0 bridgehead atoms. The summed E-state index contributed by atoms with van der Waals surface area (Å²) in [6.07, 6.45) is 0.266. The van der Waals surface area contributed by atoms with Gasteiger partial charge in [0.2, 0.25) is 0 Å².